The highest BCUT2D eigenvalue weighted by atomic mass is 79.9. The Hall–Kier alpha value is -1.89. The number of carbonyl (C=O) groups excluding carboxylic acids is 3. The van der Waals surface area contributed by atoms with Gasteiger partial charge in [-0.25, -0.2) is 4.79 Å². The van der Waals surface area contributed by atoms with E-state index in [-0.39, 0.29) is 17.7 Å². The number of likely N-dealkylation sites (tertiary alicyclic amines) is 1. The summed E-state index contributed by atoms with van der Waals surface area (Å²) in [5, 5.41) is 2.85. The third-order valence-electron chi connectivity index (χ3n) is 4.66. The molecule has 1 heterocycles. The molecular weight excluding hydrogens is 400 g/mol. The predicted octanol–water partition coefficient (Wildman–Crippen LogP) is 2.68. The van der Waals surface area contributed by atoms with E-state index in [2.05, 4.69) is 21.2 Å². The second-order valence-corrected chi connectivity index (χ2v) is 7.78. The summed E-state index contributed by atoms with van der Waals surface area (Å²) in [6.45, 7) is 6.09. The number of nitrogens with zero attached hydrogens (tertiary/aromatic N) is 1. The van der Waals surface area contributed by atoms with Crippen molar-refractivity contribution in [3.05, 3.63) is 33.8 Å². The summed E-state index contributed by atoms with van der Waals surface area (Å²) in [7, 11) is 1.32. The minimum atomic E-state index is -0.698. The van der Waals surface area contributed by atoms with E-state index in [0.717, 1.165) is 16.5 Å². The highest BCUT2D eigenvalue weighted by Gasteiger charge is 2.39. The first-order valence-electron chi connectivity index (χ1n) is 8.71. The Morgan fingerprint density at radius 3 is 2.58 bits per heavy atom. The van der Waals surface area contributed by atoms with Crippen LogP contribution in [0.4, 0.5) is 0 Å². The normalized spacial score (nSPS) is 17.9. The van der Waals surface area contributed by atoms with E-state index >= 15 is 0 Å². The Labute approximate surface area is 162 Å². The molecule has 0 aromatic heterocycles. The van der Waals surface area contributed by atoms with Gasteiger partial charge in [-0.3, -0.25) is 9.59 Å². The Morgan fingerprint density at radius 1 is 1.31 bits per heavy atom. The Balaban J connectivity index is 2.19. The number of rotatable bonds is 5. The Kier molecular flexibility index (Phi) is 6.81. The van der Waals surface area contributed by atoms with Crippen molar-refractivity contribution >= 4 is 33.7 Å². The minimum Gasteiger partial charge on any atom is -0.467 e. The lowest BCUT2D eigenvalue weighted by atomic mass is 10.0. The van der Waals surface area contributed by atoms with E-state index in [9.17, 15) is 14.4 Å². The fraction of sp³-hybridized carbons (Fsp3) is 0.526. The van der Waals surface area contributed by atoms with Crippen LogP contribution in [0.1, 0.15) is 42.6 Å². The number of methoxy groups -OCH3 is 1. The number of benzene rings is 1. The molecular formula is C19H25BrN2O4. The van der Waals surface area contributed by atoms with Gasteiger partial charge < -0.3 is 15.0 Å². The van der Waals surface area contributed by atoms with Crippen molar-refractivity contribution in [2.75, 3.05) is 13.7 Å². The molecule has 2 rings (SSSR count). The van der Waals surface area contributed by atoms with Crippen LogP contribution >= 0.6 is 15.9 Å². The first-order chi connectivity index (χ1) is 12.3. The average Bonchev–Trinajstić information content (AvgIpc) is 3.07. The van der Waals surface area contributed by atoms with Gasteiger partial charge in [-0.2, -0.15) is 0 Å². The molecule has 0 radical (unpaired) electrons. The quantitative estimate of drug-likeness (QED) is 0.737. The number of aryl methyl sites for hydroxylation is 1. The van der Waals surface area contributed by atoms with Crippen LogP contribution in [0.2, 0.25) is 0 Å². The zero-order chi connectivity index (χ0) is 19.4. The van der Waals surface area contributed by atoms with Crippen LogP contribution in [0.3, 0.4) is 0 Å². The lowest BCUT2D eigenvalue weighted by Crippen LogP contribution is -2.54. The highest BCUT2D eigenvalue weighted by Crippen LogP contribution is 2.22. The topological polar surface area (TPSA) is 75.7 Å². The first-order valence-corrected chi connectivity index (χ1v) is 9.51. The van der Waals surface area contributed by atoms with Gasteiger partial charge in [0, 0.05) is 16.6 Å². The van der Waals surface area contributed by atoms with Gasteiger partial charge in [0.15, 0.2) is 0 Å². The fourth-order valence-electron chi connectivity index (χ4n) is 3.20. The van der Waals surface area contributed by atoms with Crippen molar-refractivity contribution in [3.63, 3.8) is 0 Å². The lowest BCUT2D eigenvalue weighted by molar-refractivity contribution is -0.151. The molecule has 6 nitrogen and oxygen atoms in total. The number of amides is 2. The third kappa shape index (κ3) is 4.44. The molecule has 1 aromatic carbocycles. The maximum atomic E-state index is 13.0. The summed E-state index contributed by atoms with van der Waals surface area (Å²) in [5.74, 6) is -1.05. The third-order valence-corrected chi connectivity index (χ3v) is 5.15. The van der Waals surface area contributed by atoms with Crippen LogP contribution < -0.4 is 5.32 Å². The van der Waals surface area contributed by atoms with Gasteiger partial charge >= 0.3 is 5.97 Å². The Morgan fingerprint density at radius 2 is 2.00 bits per heavy atom. The molecule has 7 heteroatoms. The second-order valence-electron chi connectivity index (χ2n) is 6.87. The molecule has 1 aliphatic rings. The fourth-order valence-corrected chi connectivity index (χ4v) is 3.68. The van der Waals surface area contributed by atoms with E-state index in [1.807, 2.05) is 26.8 Å². The molecule has 0 bridgehead atoms. The maximum absolute atomic E-state index is 13.0. The number of nitrogens with one attached hydrogen (secondary N) is 1. The largest absolute Gasteiger partial charge is 0.467 e. The molecule has 1 N–H and O–H groups in total. The maximum Gasteiger partial charge on any atom is 0.328 e. The predicted molar refractivity (Wildman–Crippen MR) is 102 cm³/mol. The van der Waals surface area contributed by atoms with Gasteiger partial charge in [0.2, 0.25) is 5.91 Å². The molecule has 1 saturated heterocycles. The van der Waals surface area contributed by atoms with Gasteiger partial charge in [0.1, 0.15) is 12.1 Å². The highest BCUT2D eigenvalue weighted by molar-refractivity contribution is 9.10. The second kappa shape index (κ2) is 8.66. The molecule has 26 heavy (non-hydrogen) atoms. The molecule has 142 valence electrons. The molecule has 1 unspecified atom stereocenters. The minimum absolute atomic E-state index is 0.110. The van der Waals surface area contributed by atoms with Crippen molar-refractivity contribution in [2.24, 2.45) is 5.92 Å². The molecule has 1 fully saturated rings. The van der Waals surface area contributed by atoms with E-state index in [0.29, 0.717) is 18.5 Å². The van der Waals surface area contributed by atoms with Crippen LogP contribution in [0, 0.1) is 12.8 Å². The molecule has 0 saturated carbocycles. The average molecular weight is 425 g/mol. The Bertz CT molecular complexity index is 705. The number of esters is 1. The number of halogens is 1. The van der Waals surface area contributed by atoms with Crippen molar-refractivity contribution in [2.45, 2.75) is 45.7 Å². The van der Waals surface area contributed by atoms with E-state index < -0.39 is 18.1 Å². The monoisotopic (exact) mass is 424 g/mol. The van der Waals surface area contributed by atoms with Gasteiger partial charge in [-0.05, 0) is 49.4 Å². The summed E-state index contributed by atoms with van der Waals surface area (Å²) in [4.78, 5) is 39.2. The molecule has 1 aromatic rings. The zero-order valence-electron chi connectivity index (χ0n) is 15.5. The SMILES string of the molecule is COC(=O)[C@@H]1CCCN1C(=O)C(NC(=O)c1ccc(Br)cc1C)C(C)C. The van der Waals surface area contributed by atoms with Crippen LogP contribution in [0.5, 0.6) is 0 Å². The molecule has 1 aliphatic heterocycles. The van der Waals surface area contributed by atoms with Crippen molar-refractivity contribution in [1.29, 1.82) is 0 Å². The van der Waals surface area contributed by atoms with Crippen molar-refractivity contribution in [1.82, 2.24) is 10.2 Å². The van der Waals surface area contributed by atoms with Gasteiger partial charge in [0.05, 0.1) is 7.11 Å². The van der Waals surface area contributed by atoms with Crippen LogP contribution in [-0.4, -0.2) is 48.4 Å². The van der Waals surface area contributed by atoms with Crippen molar-refractivity contribution in [3.8, 4) is 0 Å². The summed E-state index contributed by atoms with van der Waals surface area (Å²) in [6.07, 6.45) is 1.33. The van der Waals surface area contributed by atoms with Crippen LogP contribution in [0.15, 0.2) is 22.7 Å². The summed E-state index contributed by atoms with van der Waals surface area (Å²) in [6, 6.07) is 4.11. The summed E-state index contributed by atoms with van der Waals surface area (Å²) < 4.78 is 5.70. The zero-order valence-corrected chi connectivity index (χ0v) is 17.1. The first kappa shape index (κ1) is 20.4. The van der Waals surface area contributed by atoms with Crippen LogP contribution in [0.25, 0.3) is 0 Å². The van der Waals surface area contributed by atoms with E-state index in [1.165, 1.54) is 12.0 Å². The van der Waals surface area contributed by atoms with E-state index in [4.69, 9.17) is 4.74 Å². The standard InChI is InChI=1S/C19H25BrN2O4/c1-11(2)16(18(24)22-9-5-6-15(22)19(25)26-4)21-17(23)14-8-7-13(20)10-12(14)3/h7-8,10-11,15-16H,5-6,9H2,1-4H3,(H,21,23)/t15-,16?/m0/s1. The van der Waals surface area contributed by atoms with Crippen LogP contribution in [-0.2, 0) is 14.3 Å². The number of carbonyl (C=O) groups is 3. The van der Waals surface area contributed by atoms with Gasteiger partial charge in [-0.1, -0.05) is 29.8 Å². The van der Waals surface area contributed by atoms with Gasteiger partial charge in [-0.15, -0.1) is 0 Å². The van der Waals surface area contributed by atoms with E-state index in [1.54, 1.807) is 12.1 Å². The summed E-state index contributed by atoms with van der Waals surface area (Å²) >= 11 is 3.38. The molecule has 0 spiro atoms. The molecule has 0 aliphatic carbocycles. The number of ether oxygens (including phenoxy) is 1. The smallest absolute Gasteiger partial charge is 0.328 e. The number of hydrogen-bond acceptors (Lipinski definition) is 4. The van der Waals surface area contributed by atoms with Gasteiger partial charge in [0.25, 0.3) is 5.91 Å². The van der Waals surface area contributed by atoms with Crippen molar-refractivity contribution < 1.29 is 19.1 Å². The molecule has 2 atom stereocenters. The number of hydrogen-bond donors (Lipinski definition) is 1. The molecule has 2 amide bonds. The summed E-state index contributed by atoms with van der Waals surface area (Å²) in [5.41, 5.74) is 1.35. The lowest BCUT2D eigenvalue weighted by Gasteiger charge is -2.30.